The highest BCUT2D eigenvalue weighted by Gasteiger charge is 2.18. The fourth-order valence-corrected chi connectivity index (χ4v) is 2.83. The fraction of sp³-hybridized carbons (Fsp3) is 0.211. The van der Waals surface area contributed by atoms with Crippen LogP contribution in [0, 0.1) is 0 Å². The number of carbonyl (C=O) groups is 3. The lowest BCUT2D eigenvalue weighted by atomic mass is 10.0. The molecule has 0 aliphatic rings. The average Bonchev–Trinajstić information content (AvgIpc) is 2.56. The quantitative estimate of drug-likeness (QED) is 0.671. The lowest BCUT2D eigenvalue weighted by molar-refractivity contribution is -0.120. The minimum Gasteiger partial charge on any atom is -0.349 e. The molecule has 0 radical (unpaired) electrons. The number of hydrogen-bond donors (Lipinski definition) is 3. The van der Waals surface area contributed by atoms with E-state index in [1.54, 1.807) is 42.5 Å². The highest BCUT2D eigenvalue weighted by atomic mass is 35.5. The highest BCUT2D eigenvalue weighted by Crippen LogP contribution is 2.27. The molecule has 0 heterocycles. The van der Waals surface area contributed by atoms with E-state index in [1.807, 2.05) is 0 Å². The molecule has 27 heavy (non-hydrogen) atoms. The van der Waals surface area contributed by atoms with Gasteiger partial charge in [-0.1, -0.05) is 35.3 Å². The molecular weight excluding hydrogens is 389 g/mol. The second-order valence-corrected chi connectivity index (χ2v) is 6.78. The summed E-state index contributed by atoms with van der Waals surface area (Å²) in [6.45, 7) is 2.78. The normalized spacial score (nSPS) is 11.4. The number of carbonyl (C=O) groups excluding carboxylic acids is 3. The van der Waals surface area contributed by atoms with Crippen LogP contribution >= 0.6 is 23.2 Å². The monoisotopic (exact) mass is 407 g/mol. The Morgan fingerprint density at radius 3 is 2.15 bits per heavy atom. The van der Waals surface area contributed by atoms with Crippen molar-refractivity contribution in [2.75, 3.05) is 10.6 Å². The summed E-state index contributed by atoms with van der Waals surface area (Å²) in [7, 11) is 0. The molecule has 2 aromatic rings. The van der Waals surface area contributed by atoms with E-state index in [2.05, 4.69) is 16.0 Å². The molecular formula is C19H19Cl2N3O3. The first-order valence-corrected chi connectivity index (χ1v) is 8.89. The summed E-state index contributed by atoms with van der Waals surface area (Å²) in [5.41, 5.74) is 1.70. The predicted octanol–water partition coefficient (Wildman–Crippen LogP) is 4.16. The van der Waals surface area contributed by atoms with Crippen molar-refractivity contribution in [3.8, 4) is 0 Å². The zero-order valence-corrected chi connectivity index (χ0v) is 16.3. The number of anilines is 2. The van der Waals surface area contributed by atoms with Crippen LogP contribution in [0.4, 0.5) is 11.4 Å². The zero-order chi connectivity index (χ0) is 20.0. The highest BCUT2D eigenvalue weighted by molar-refractivity contribution is 6.34. The predicted molar refractivity (Wildman–Crippen MR) is 107 cm³/mol. The van der Waals surface area contributed by atoms with Crippen LogP contribution in [-0.2, 0) is 14.4 Å². The van der Waals surface area contributed by atoms with Crippen molar-refractivity contribution in [2.45, 2.75) is 26.3 Å². The second kappa shape index (κ2) is 9.39. The lowest BCUT2D eigenvalue weighted by Gasteiger charge is -2.18. The van der Waals surface area contributed by atoms with Crippen molar-refractivity contribution in [2.24, 2.45) is 0 Å². The second-order valence-electron chi connectivity index (χ2n) is 5.93. The molecule has 3 amide bonds. The lowest BCUT2D eigenvalue weighted by Crippen LogP contribution is -2.29. The summed E-state index contributed by atoms with van der Waals surface area (Å²) >= 11 is 12.1. The summed E-state index contributed by atoms with van der Waals surface area (Å²) in [4.78, 5) is 35.0. The van der Waals surface area contributed by atoms with E-state index < -0.39 is 6.04 Å². The van der Waals surface area contributed by atoms with Gasteiger partial charge in [-0.2, -0.15) is 0 Å². The molecule has 2 aromatic carbocycles. The first kappa shape index (κ1) is 20.7. The zero-order valence-electron chi connectivity index (χ0n) is 14.8. The fourth-order valence-electron chi connectivity index (χ4n) is 2.48. The van der Waals surface area contributed by atoms with Gasteiger partial charge in [0.1, 0.15) is 0 Å². The Hall–Kier alpha value is -2.57. The molecule has 1 unspecified atom stereocenters. The molecule has 0 fully saturated rings. The molecule has 0 bridgehead atoms. The van der Waals surface area contributed by atoms with Gasteiger partial charge >= 0.3 is 0 Å². The van der Waals surface area contributed by atoms with Crippen LogP contribution in [0.3, 0.4) is 0 Å². The van der Waals surface area contributed by atoms with Crippen LogP contribution in [0.5, 0.6) is 0 Å². The van der Waals surface area contributed by atoms with Gasteiger partial charge in [0.05, 0.1) is 23.2 Å². The number of rotatable bonds is 6. The van der Waals surface area contributed by atoms with Crippen LogP contribution in [0.1, 0.15) is 31.9 Å². The van der Waals surface area contributed by atoms with E-state index in [4.69, 9.17) is 23.2 Å². The third-order valence-corrected chi connectivity index (χ3v) is 4.17. The van der Waals surface area contributed by atoms with Crippen LogP contribution in [0.2, 0.25) is 10.0 Å². The average molecular weight is 408 g/mol. The Balaban J connectivity index is 2.10. The Labute approximate surface area is 167 Å². The van der Waals surface area contributed by atoms with Gasteiger partial charge in [0, 0.05) is 24.6 Å². The van der Waals surface area contributed by atoms with Crippen LogP contribution in [-0.4, -0.2) is 17.7 Å². The van der Waals surface area contributed by atoms with Gasteiger partial charge in [0.2, 0.25) is 17.7 Å². The number of halogens is 2. The number of amides is 3. The first-order valence-electron chi connectivity index (χ1n) is 8.14. The molecule has 1 atom stereocenters. The van der Waals surface area contributed by atoms with Crippen molar-refractivity contribution in [3.63, 3.8) is 0 Å². The first-order chi connectivity index (χ1) is 12.7. The minimum atomic E-state index is -0.503. The maximum absolute atomic E-state index is 12.4. The molecule has 0 saturated carbocycles. The molecule has 0 saturated heterocycles. The number of hydrogen-bond acceptors (Lipinski definition) is 3. The summed E-state index contributed by atoms with van der Waals surface area (Å²) in [5, 5.41) is 8.94. The van der Waals surface area contributed by atoms with Crippen LogP contribution < -0.4 is 16.0 Å². The number of nitrogens with one attached hydrogen (secondary N) is 3. The van der Waals surface area contributed by atoms with Gasteiger partial charge in [-0.15, -0.1) is 0 Å². The molecule has 6 nitrogen and oxygen atoms in total. The third kappa shape index (κ3) is 6.58. The summed E-state index contributed by atoms with van der Waals surface area (Å²) in [5.74, 6) is -0.790. The van der Waals surface area contributed by atoms with Crippen molar-refractivity contribution < 1.29 is 14.4 Å². The van der Waals surface area contributed by atoms with Gasteiger partial charge in [-0.05, 0) is 35.9 Å². The molecule has 3 N–H and O–H groups in total. The summed E-state index contributed by atoms with van der Waals surface area (Å²) < 4.78 is 0. The van der Waals surface area contributed by atoms with E-state index >= 15 is 0 Å². The maximum atomic E-state index is 12.4. The minimum absolute atomic E-state index is 0.0188. The largest absolute Gasteiger partial charge is 0.349 e. The van der Waals surface area contributed by atoms with E-state index in [1.165, 1.54) is 13.8 Å². The van der Waals surface area contributed by atoms with Crippen molar-refractivity contribution in [1.29, 1.82) is 0 Å². The Bertz CT molecular complexity index is 854. The molecule has 0 spiro atoms. The SMILES string of the molecule is CC(=O)Nc1ccc(NC(=O)CC(NC(C)=O)c2ccc(Cl)cc2)c(Cl)c1. The Kier molecular flexibility index (Phi) is 7.21. The van der Waals surface area contributed by atoms with Gasteiger partial charge in [-0.3, -0.25) is 14.4 Å². The maximum Gasteiger partial charge on any atom is 0.226 e. The molecule has 2 rings (SSSR count). The number of benzene rings is 2. The Morgan fingerprint density at radius 2 is 1.59 bits per heavy atom. The van der Waals surface area contributed by atoms with Gasteiger partial charge in [-0.25, -0.2) is 0 Å². The topological polar surface area (TPSA) is 87.3 Å². The van der Waals surface area contributed by atoms with Crippen molar-refractivity contribution in [1.82, 2.24) is 5.32 Å². The molecule has 0 aromatic heterocycles. The molecule has 142 valence electrons. The van der Waals surface area contributed by atoms with Crippen LogP contribution in [0.15, 0.2) is 42.5 Å². The van der Waals surface area contributed by atoms with Gasteiger partial charge in [0.15, 0.2) is 0 Å². The Morgan fingerprint density at radius 1 is 0.926 bits per heavy atom. The van der Waals surface area contributed by atoms with E-state index in [-0.39, 0.29) is 29.2 Å². The summed E-state index contributed by atoms with van der Waals surface area (Å²) in [6, 6.07) is 11.2. The van der Waals surface area contributed by atoms with Gasteiger partial charge in [0.25, 0.3) is 0 Å². The standard InChI is InChI=1S/C19H19Cl2N3O3/c1-11(25)22-15-7-8-17(16(21)9-15)24-19(27)10-18(23-12(2)26)13-3-5-14(20)6-4-13/h3-9,18H,10H2,1-2H3,(H,22,25)(H,23,26)(H,24,27). The van der Waals surface area contributed by atoms with Crippen LogP contribution in [0.25, 0.3) is 0 Å². The smallest absolute Gasteiger partial charge is 0.226 e. The summed E-state index contributed by atoms with van der Waals surface area (Å²) in [6.07, 6.45) is 0.0188. The van der Waals surface area contributed by atoms with Crippen molar-refractivity contribution in [3.05, 3.63) is 58.1 Å². The van der Waals surface area contributed by atoms with E-state index in [9.17, 15) is 14.4 Å². The molecule has 8 heteroatoms. The third-order valence-electron chi connectivity index (χ3n) is 3.60. The van der Waals surface area contributed by atoms with E-state index in [0.29, 0.717) is 16.4 Å². The van der Waals surface area contributed by atoms with E-state index in [0.717, 1.165) is 5.56 Å². The van der Waals surface area contributed by atoms with Crippen molar-refractivity contribution >= 4 is 52.3 Å². The molecule has 0 aliphatic heterocycles. The molecule has 0 aliphatic carbocycles. The van der Waals surface area contributed by atoms with Gasteiger partial charge < -0.3 is 16.0 Å².